The number of aromatic hydroxyl groups is 1. The van der Waals surface area contributed by atoms with E-state index in [4.69, 9.17) is 0 Å². The molecule has 146 valence electrons. The molecule has 1 N–H and O–H groups in total. The van der Waals surface area contributed by atoms with Crippen LogP contribution in [-0.4, -0.2) is 47.1 Å². The van der Waals surface area contributed by atoms with Crippen molar-refractivity contribution >= 4 is 0 Å². The van der Waals surface area contributed by atoms with Crippen molar-refractivity contribution in [2.45, 2.75) is 80.8 Å². The van der Waals surface area contributed by atoms with E-state index in [-0.39, 0.29) is 0 Å². The molecule has 0 amide bonds. The van der Waals surface area contributed by atoms with Crippen LogP contribution in [0.5, 0.6) is 5.75 Å². The van der Waals surface area contributed by atoms with Crippen LogP contribution in [0.1, 0.15) is 71.1 Å². The van der Waals surface area contributed by atoms with Gasteiger partial charge in [-0.25, -0.2) is 0 Å². The number of rotatable bonds is 5. The minimum absolute atomic E-state index is 0.478. The number of piperidine rings is 1. The molecule has 0 aromatic heterocycles. The van der Waals surface area contributed by atoms with Gasteiger partial charge in [-0.3, -0.25) is 4.90 Å². The van der Waals surface area contributed by atoms with Crippen molar-refractivity contribution < 1.29 is 5.11 Å². The summed E-state index contributed by atoms with van der Waals surface area (Å²) < 4.78 is 0. The zero-order chi connectivity index (χ0) is 19.4. The molecule has 1 fully saturated rings. The third-order valence-electron chi connectivity index (χ3n) is 4.80. The number of benzene rings is 1. The second-order valence-electron chi connectivity index (χ2n) is 6.32. The molecular formula is C22H42N2O. The molecule has 0 bridgehead atoms. The maximum atomic E-state index is 10.2. The minimum Gasteiger partial charge on any atom is -0.507 e. The molecule has 0 radical (unpaired) electrons. The Morgan fingerprint density at radius 3 is 2.00 bits per heavy atom. The fourth-order valence-electron chi connectivity index (χ4n) is 3.59. The number of phenols is 1. The van der Waals surface area contributed by atoms with Gasteiger partial charge < -0.3 is 10.0 Å². The standard InChI is InChI=1S/C18H30N2O.2C2H6/c1-5-20(6-2)17-7-9-19(10-8-17)13-16-12-14(3)11-15(4)18(16)21;2*1-2/h11-12,17,21H,5-10,13H2,1-4H3;2*1-2H3. The summed E-state index contributed by atoms with van der Waals surface area (Å²) in [4.78, 5) is 5.06. The predicted molar refractivity (Wildman–Crippen MR) is 111 cm³/mol. The molecule has 0 unspecified atom stereocenters. The van der Waals surface area contributed by atoms with Crippen LogP contribution in [0.2, 0.25) is 0 Å². The number of phenolic OH excluding ortho intramolecular Hbond substituents is 1. The SMILES string of the molecule is CC.CC.CCN(CC)C1CCN(Cc2cc(C)cc(C)c2O)CC1. The molecule has 25 heavy (non-hydrogen) atoms. The van der Waals surface area contributed by atoms with Gasteiger partial charge in [0.2, 0.25) is 0 Å². The van der Waals surface area contributed by atoms with Crippen LogP contribution in [0.25, 0.3) is 0 Å². The number of hydrogen-bond donors (Lipinski definition) is 1. The molecule has 1 aromatic rings. The quantitative estimate of drug-likeness (QED) is 0.773. The van der Waals surface area contributed by atoms with Crippen molar-refractivity contribution in [3.05, 3.63) is 28.8 Å². The number of nitrogens with zero attached hydrogens (tertiary/aromatic N) is 2. The topological polar surface area (TPSA) is 26.7 Å². The lowest BCUT2D eigenvalue weighted by molar-refractivity contribution is 0.112. The molecule has 1 saturated heterocycles. The fraction of sp³-hybridized carbons (Fsp3) is 0.727. The van der Waals surface area contributed by atoms with E-state index < -0.39 is 0 Å². The number of likely N-dealkylation sites (tertiary alicyclic amines) is 1. The van der Waals surface area contributed by atoms with E-state index in [2.05, 4.69) is 36.6 Å². The van der Waals surface area contributed by atoms with Gasteiger partial charge in [0.1, 0.15) is 5.75 Å². The third kappa shape index (κ3) is 7.37. The van der Waals surface area contributed by atoms with E-state index in [0.717, 1.165) is 49.9 Å². The summed E-state index contributed by atoms with van der Waals surface area (Å²) in [6.07, 6.45) is 2.49. The van der Waals surface area contributed by atoms with Gasteiger partial charge in [-0.05, 0) is 58.4 Å². The Kier molecular flexibility index (Phi) is 12.6. The third-order valence-corrected chi connectivity index (χ3v) is 4.80. The van der Waals surface area contributed by atoms with Crippen LogP contribution >= 0.6 is 0 Å². The summed E-state index contributed by atoms with van der Waals surface area (Å²) in [7, 11) is 0. The molecule has 3 nitrogen and oxygen atoms in total. The first kappa shape index (κ1) is 23.9. The lowest BCUT2D eigenvalue weighted by atomic mass is 10.0. The van der Waals surface area contributed by atoms with Gasteiger partial charge in [0.25, 0.3) is 0 Å². The van der Waals surface area contributed by atoms with E-state index >= 15 is 0 Å². The van der Waals surface area contributed by atoms with Crippen molar-refractivity contribution in [1.82, 2.24) is 9.80 Å². The van der Waals surface area contributed by atoms with Crippen molar-refractivity contribution in [2.75, 3.05) is 26.2 Å². The summed E-state index contributed by atoms with van der Waals surface area (Å²) in [5.74, 6) is 0.478. The molecule has 0 saturated carbocycles. The second kappa shape index (κ2) is 13.2. The molecule has 1 aliphatic rings. The Morgan fingerprint density at radius 1 is 1.00 bits per heavy atom. The van der Waals surface area contributed by atoms with Crippen molar-refractivity contribution in [1.29, 1.82) is 0 Å². The van der Waals surface area contributed by atoms with E-state index in [1.54, 1.807) is 0 Å². The fourth-order valence-corrected chi connectivity index (χ4v) is 3.59. The first-order valence-electron chi connectivity index (χ1n) is 10.3. The Labute approximate surface area is 157 Å². The highest BCUT2D eigenvalue weighted by Crippen LogP contribution is 2.26. The monoisotopic (exact) mass is 350 g/mol. The van der Waals surface area contributed by atoms with Crippen molar-refractivity contribution in [3.8, 4) is 5.75 Å². The molecule has 2 rings (SSSR count). The smallest absolute Gasteiger partial charge is 0.122 e. The largest absolute Gasteiger partial charge is 0.507 e. The van der Waals surface area contributed by atoms with Crippen molar-refractivity contribution in [3.63, 3.8) is 0 Å². The maximum Gasteiger partial charge on any atom is 0.122 e. The van der Waals surface area contributed by atoms with Crippen LogP contribution < -0.4 is 0 Å². The Morgan fingerprint density at radius 2 is 1.52 bits per heavy atom. The first-order chi connectivity index (χ1) is 12.0. The number of aryl methyl sites for hydroxylation is 2. The number of hydrogen-bond acceptors (Lipinski definition) is 3. The molecule has 1 aliphatic heterocycles. The summed E-state index contributed by atoms with van der Waals surface area (Å²) in [6, 6.07) is 4.91. The second-order valence-corrected chi connectivity index (χ2v) is 6.32. The van der Waals surface area contributed by atoms with Gasteiger partial charge in [0.15, 0.2) is 0 Å². The molecule has 1 heterocycles. The molecule has 0 spiro atoms. The van der Waals surface area contributed by atoms with E-state index in [0.29, 0.717) is 5.75 Å². The van der Waals surface area contributed by atoms with Crippen LogP contribution in [0.4, 0.5) is 0 Å². The van der Waals surface area contributed by atoms with Gasteiger partial charge in [0, 0.05) is 18.2 Å². The summed E-state index contributed by atoms with van der Waals surface area (Å²) in [6.45, 7) is 22.0. The predicted octanol–water partition coefficient (Wildman–Crippen LogP) is 5.37. The van der Waals surface area contributed by atoms with Crippen LogP contribution in [0, 0.1) is 13.8 Å². The Balaban J connectivity index is 0.00000134. The molecule has 1 aromatic carbocycles. The molecule has 0 atom stereocenters. The summed E-state index contributed by atoms with van der Waals surface area (Å²) in [5, 5.41) is 10.2. The van der Waals surface area contributed by atoms with Gasteiger partial charge in [0.05, 0.1) is 0 Å². The van der Waals surface area contributed by atoms with E-state index in [9.17, 15) is 5.11 Å². The van der Waals surface area contributed by atoms with Crippen LogP contribution in [0.3, 0.4) is 0 Å². The minimum atomic E-state index is 0.478. The Bertz CT molecular complexity index is 461. The van der Waals surface area contributed by atoms with Gasteiger partial charge in [-0.1, -0.05) is 59.2 Å². The van der Waals surface area contributed by atoms with Crippen LogP contribution in [-0.2, 0) is 6.54 Å². The molecule has 3 heteroatoms. The average molecular weight is 351 g/mol. The summed E-state index contributed by atoms with van der Waals surface area (Å²) >= 11 is 0. The Hall–Kier alpha value is -1.06. The van der Waals surface area contributed by atoms with Crippen molar-refractivity contribution in [2.24, 2.45) is 0 Å². The van der Waals surface area contributed by atoms with E-state index in [1.807, 2.05) is 40.7 Å². The normalized spacial score (nSPS) is 15.2. The van der Waals surface area contributed by atoms with Crippen LogP contribution in [0.15, 0.2) is 12.1 Å². The van der Waals surface area contributed by atoms with E-state index in [1.165, 1.54) is 18.4 Å². The molecular weight excluding hydrogens is 308 g/mol. The lowest BCUT2D eigenvalue weighted by Crippen LogP contribution is -2.44. The molecule has 0 aliphatic carbocycles. The zero-order valence-corrected chi connectivity index (χ0v) is 18.0. The average Bonchev–Trinajstić information content (AvgIpc) is 2.65. The van der Waals surface area contributed by atoms with Gasteiger partial charge in [-0.15, -0.1) is 0 Å². The lowest BCUT2D eigenvalue weighted by Gasteiger charge is -2.37. The van der Waals surface area contributed by atoms with Gasteiger partial charge in [-0.2, -0.15) is 0 Å². The first-order valence-corrected chi connectivity index (χ1v) is 10.3. The highest BCUT2D eigenvalue weighted by molar-refractivity contribution is 5.42. The zero-order valence-electron chi connectivity index (χ0n) is 18.0. The summed E-state index contributed by atoms with van der Waals surface area (Å²) in [5.41, 5.74) is 3.30. The highest BCUT2D eigenvalue weighted by Gasteiger charge is 2.23. The maximum absolute atomic E-state index is 10.2. The van der Waals surface area contributed by atoms with Gasteiger partial charge >= 0.3 is 0 Å². The highest BCUT2D eigenvalue weighted by atomic mass is 16.3.